The molecular formula is C19H21NO8S. The largest absolute Gasteiger partial charge is 0.497 e. The van der Waals surface area contributed by atoms with Crippen molar-refractivity contribution in [3.63, 3.8) is 0 Å². The molecule has 2 unspecified atom stereocenters. The van der Waals surface area contributed by atoms with Crippen LogP contribution in [-0.4, -0.2) is 55.5 Å². The molecule has 29 heavy (non-hydrogen) atoms. The van der Waals surface area contributed by atoms with Gasteiger partial charge in [-0.3, -0.25) is 15.2 Å². The van der Waals surface area contributed by atoms with Crippen molar-refractivity contribution in [3.8, 4) is 17.2 Å². The average Bonchev–Trinajstić information content (AvgIpc) is 2.74. The Labute approximate surface area is 167 Å². The van der Waals surface area contributed by atoms with Gasteiger partial charge in [-0.15, -0.1) is 0 Å². The molecule has 9 nitrogen and oxygen atoms in total. The van der Waals surface area contributed by atoms with Gasteiger partial charge in [-0.25, -0.2) is 8.42 Å². The fourth-order valence-corrected chi connectivity index (χ4v) is 5.02. The topological polar surface area (TPSA) is 123 Å². The lowest BCUT2D eigenvalue weighted by Crippen LogP contribution is -2.46. The summed E-state index contributed by atoms with van der Waals surface area (Å²) in [5, 5.41) is 16.3. The van der Waals surface area contributed by atoms with E-state index in [2.05, 4.69) is 0 Å². The zero-order valence-corrected chi connectivity index (χ0v) is 16.4. The number of hydrogen-bond acceptors (Lipinski definition) is 8. The molecule has 0 spiro atoms. The molecule has 1 aliphatic rings. The molecule has 0 radical (unpaired) electrons. The lowest BCUT2D eigenvalue weighted by molar-refractivity contribution is -0.289. The van der Waals surface area contributed by atoms with E-state index in [1.807, 2.05) is 0 Å². The first-order valence-electron chi connectivity index (χ1n) is 8.78. The predicted octanol–water partition coefficient (Wildman–Crippen LogP) is 2.27. The normalized spacial score (nSPS) is 19.4. The molecule has 0 aliphatic carbocycles. The van der Waals surface area contributed by atoms with Crippen LogP contribution < -0.4 is 9.47 Å². The lowest BCUT2D eigenvalue weighted by Gasteiger charge is -2.30. The molecule has 2 atom stereocenters. The standard InChI is InChI=1S/C19H21NO8S/c1-26-13-2-4-14(5-3-13)28-15-6-8-16(9-7-15)29(24,25)18-10-11-27-12-17(18)19(21)20(22)23/h2-9,17-18,22-23H,10-12H2,1H3. The molecule has 2 aromatic rings. The molecule has 2 aromatic carbocycles. The highest BCUT2D eigenvalue weighted by atomic mass is 32.2. The quantitative estimate of drug-likeness (QED) is 0.536. The molecule has 0 saturated carbocycles. The molecule has 3 rings (SSSR count). The van der Waals surface area contributed by atoms with Gasteiger partial charge in [0.25, 0.3) is 5.91 Å². The Kier molecular flexibility index (Phi) is 6.38. The van der Waals surface area contributed by atoms with E-state index in [-0.39, 0.29) is 24.5 Å². The minimum absolute atomic E-state index is 0.00621. The van der Waals surface area contributed by atoms with Crippen LogP contribution in [0.25, 0.3) is 0 Å². The van der Waals surface area contributed by atoms with E-state index in [1.54, 1.807) is 31.4 Å². The molecular weight excluding hydrogens is 402 g/mol. The Morgan fingerprint density at radius 2 is 1.59 bits per heavy atom. The number of hydrogen-bond donors (Lipinski definition) is 2. The lowest BCUT2D eigenvalue weighted by atomic mass is 10.0. The van der Waals surface area contributed by atoms with E-state index < -0.39 is 32.1 Å². The van der Waals surface area contributed by atoms with Gasteiger partial charge in [0, 0.05) is 6.61 Å². The molecule has 1 amide bonds. The molecule has 1 aliphatic heterocycles. The van der Waals surface area contributed by atoms with Crippen molar-refractivity contribution in [1.29, 1.82) is 0 Å². The van der Waals surface area contributed by atoms with Crippen LogP contribution in [0.3, 0.4) is 0 Å². The monoisotopic (exact) mass is 423 g/mol. The Bertz CT molecular complexity index is 941. The average molecular weight is 423 g/mol. The SMILES string of the molecule is COc1ccc(Oc2ccc(S(=O)(=O)C3CCOCC3C(=O)N(O)O)cc2)cc1. The summed E-state index contributed by atoms with van der Waals surface area (Å²) >= 11 is 0. The first kappa shape index (κ1) is 21.1. The van der Waals surface area contributed by atoms with Crippen LogP contribution >= 0.6 is 0 Å². The maximum atomic E-state index is 13.0. The number of amides is 1. The van der Waals surface area contributed by atoms with Gasteiger partial charge in [0.15, 0.2) is 9.84 Å². The Hall–Kier alpha value is -2.66. The number of ether oxygens (including phenoxy) is 3. The summed E-state index contributed by atoms with van der Waals surface area (Å²) in [7, 11) is -2.35. The third-order valence-electron chi connectivity index (χ3n) is 4.65. The van der Waals surface area contributed by atoms with Crippen LogP contribution in [-0.2, 0) is 19.4 Å². The van der Waals surface area contributed by atoms with E-state index in [4.69, 9.17) is 24.6 Å². The number of hydroxylamine groups is 2. The predicted molar refractivity (Wildman–Crippen MR) is 99.8 cm³/mol. The van der Waals surface area contributed by atoms with Crippen molar-refractivity contribution in [3.05, 3.63) is 48.5 Å². The Balaban J connectivity index is 1.78. The van der Waals surface area contributed by atoms with E-state index in [0.29, 0.717) is 17.2 Å². The highest BCUT2D eigenvalue weighted by Crippen LogP contribution is 2.31. The molecule has 2 N–H and O–H groups in total. The Morgan fingerprint density at radius 3 is 2.14 bits per heavy atom. The molecule has 0 bridgehead atoms. The number of methoxy groups -OCH3 is 1. The van der Waals surface area contributed by atoms with Gasteiger partial charge < -0.3 is 14.2 Å². The summed E-state index contributed by atoms with van der Waals surface area (Å²) in [4.78, 5) is 11.9. The molecule has 0 aromatic heterocycles. The number of sulfone groups is 1. The number of benzene rings is 2. The maximum Gasteiger partial charge on any atom is 0.279 e. The van der Waals surface area contributed by atoms with Crippen LogP contribution in [0.15, 0.2) is 53.4 Å². The highest BCUT2D eigenvalue weighted by Gasteiger charge is 2.42. The van der Waals surface area contributed by atoms with Gasteiger partial charge in [0.05, 0.1) is 29.8 Å². The van der Waals surface area contributed by atoms with Crippen LogP contribution in [0, 0.1) is 5.92 Å². The van der Waals surface area contributed by atoms with Gasteiger partial charge >= 0.3 is 0 Å². The first-order chi connectivity index (χ1) is 13.8. The van der Waals surface area contributed by atoms with Crippen LogP contribution in [0.1, 0.15) is 6.42 Å². The molecule has 1 fully saturated rings. The molecule has 156 valence electrons. The van der Waals surface area contributed by atoms with Gasteiger partial charge in [-0.05, 0) is 55.0 Å². The fraction of sp³-hybridized carbons (Fsp3) is 0.316. The van der Waals surface area contributed by atoms with Crippen molar-refractivity contribution in [2.75, 3.05) is 20.3 Å². The molecule has 1 heterocycles. The van der Waals surface area contributed by atoms with Crippen molar-refractivity contribution in [2.24, 2.45) is 5.92 Å². The fourth-order valence-electron chi connectivity index (χ4n) is 3.12. The number of rotatable bonds is 6. The van der Waals surface area contributed by atoms with E-state index in [0.717, 1.165) is 0 Å². The second kappa shape index (κ2) is 8.78. The molecule has 10 heteroatoms. The second-order valence-electron chi connectivity index (χ2n) is 6.43. The van der Waals surface area contributed by atoms with Crippen molar-refractivity contribution < 1.29 is 37.8 Å². The van der Waals surface area contributed by atoms with Gasteiger partial charge in [-0.1, -0.05) is 5.23 Å². The van der Waals surface area contributed by atoms with E-state index >= 15 is 0 Å². The summed E-state index contributed by atoms with van der Waals surface area (Å²) in [6, 6.07) is 12.7. The minimum Gasteiger partial charge on any atom is -0.497 e. The zero-order chi connectivity index (χ0) is 21.0. The number of carbonyl (C=O) groups is 1. The first-order valence-corrected chi connectivity index (χ1v) is 10.3. The van der Waals surface area contributed by atoms with Crippen molar-refractivity contribution in [1.82, 2.24) is 5.23 Å². The van der Waals surface area contributed by atoms with Gasteiger partial charge in [0.2, 0.25) is 0 Å². The number of carbonyl (C=O) groups excluding carboxylic acids is 1. The summed E-state index contributed by atoms with van der Waals surface area (Å²) in [6.45, 7) is -0.0534. The summed E-state index contributed by atoms with van der Waals surface area (Å²) < 4.78 is 42.0. The van der Waals surface area contributed by atoms with Crippen molar-refractivity contribution >= 4 is 15.7 Å². The zero-order valence-electron chi connectivity index (χ0n) is 15.6. The third kappa shape index (κ3) is 4.67. The van der Waals surface area contributed by atoms with E-state index in [9.17, 15) is 13.2 Å². The van der Waals surface area contributed by atoms with Crippen LogP contribution in [0.2, 0.25) is 0 Å². The number of nitrogens with zero attached hydrogens (tertiary/aromatic N) is 1. The maximum absolute atomic E-state index is 13.0. The van der Waals surface area contributed by atoms with Gasteiger partial charge in [0.1, 0.15) is 17.2 Å². The summed E-state index contributed by atoms with van der Waals surface area (Å²) in [5.41, 5.74) is 0. The highest BCUT2D eigenvalue weighted by molar-refractivity contribution is 7.92. The summed E-state index contributed by atoms with van der Waals surface area (Å²) in [5.74, 6) is -0.659. The van der Waals surface area contributed by atoms with Crippen LogP contribution in [0.4, 0.5) is 0 Å². The van der Waals surface area contributed by atoms with Crippen molar-refractivity contribution in [2.45, 2.75) is 16.6 Å². The third-order valence-corrected chi connectivity index (χ3v) is 6.94. The molecule has 1 saturated heterocycles. The minimum atomic E-state index is -3.91. The van der Waals surface area contributed by atoms with E-state index in [1.165, 1.54) is 24.3 Å². The summed E-state index contributed by atoms with van der Waals surface area (Å²) in [6.07, 6.45) is 0.0662. The smallest absolute Gasteiger partial charge is 0.279 e. The Morgan fingerprint density at radius 1 is 1.03 bits per heavy atom. The second-order valence-corrected chi connectivity index (χ2v) is 8.60. The van der Waals surface area contributed by atoms with Crippen LogP contribution in [0.5, 0.6) is 17.2 Å². The van der Waals surface area contributed by atoms with Gasteiger partial charge in [-0.2, -0.15) is 0 Å².